The number of ether oxygens (including phenoxy) is 1. The van der Waals surface area contributed by atoms with Crippen LogP contribution in [0.25, 0.3) is 0 Å². The van der Waals surface area contributed by atoms with Crippen molar-refractivity contribution < 1.29 is 19.4 Å². The average molecular weight is 292 g/mol. The third-order valence-electron chi connectivity index (χ3n) is 4.61. The highest BCUT2D eigenvalue weighted by Crippen LogP contribution is 2.32. The lowest BCUT2D eigenvalue weighted by Gasteiger charge is -2.30. The van der Waals surface area contributed by atoms with Crippen LogP contribution in [0.3, 0.4) is 0 Å². The second-order valence-electron chi connectivity index (χ2n) is 6.02. The van der Waals surface area contributed by atoms with Crippen LogP contribution < -0.4 is 0 Å². The summed E-state index contributed by atoms with van der Waals surface area (Å²) in [5.74, 6) is -1.36. The maximum absolute atomic E-state index is 12.1. The fourth-order valence-electron chi connectivity index (χ4n) is 3.29. The second kappa shape index (κ2) is 5.60. The first kappa shape index (κ1) is 14.3. The number of hydrogen-bond acceptors (Lipinski definition) is 4. The van der Waals surface area contributed by atoms with Crippen molar-refractivity contribution in [1.29, 1.82) is 0 Å². The molecule has 1 aliphatic carbocycles. The number of nitrogens with zero attached hydrogens (tertiary/aromatic N) is 2. The molecule has 114 valence electrons. The first-order valence-electron chi connectivity index (χ1n) is 7.50. The van der Waals surface area contributed by atoms with Crippen molar-refractivity contribution in [3.63, 3.8) is 0 Å². The molecule has 1 unspecified atom stereocenters. The second-order valence-corrected chi connectivity index (χ2v) is 6.02. The van der Waals surface area contributed by atoms with Crippen LogP contribution in [0.5, 0.6) is 0 Å². The van der Waals surface area contributed by atoms with Crippen molar-refractivity contribution in [2.45, 2.75) is 44.6 Å². The van der Waals surface area contributed by atoms with Gasteiger partial charge in [-0.3, -0.25) is 14.3 Å². The minimum atomic E-state index is -1.47. The van der Waals surface area contributed by atoms with Gasteiger partial charge in [0, 0.05) is 19.0 Å². The molecule has 2 heterocycles. The minimum Gasteiger partial charge on any atom is -0.480 e. The van der Waals surface area contributed by atoms with Gasteiger partial charge < -0.3 is 9.84 Å². The number of hydrogen-bond donors (Lipinski definition) is 1. The van der Waals surface area contributed by atoms with Crippen molar-refractivity contribution >= 4 is 11.8 Å². The number of carboxylic acids is 1. The van der Waals surface area contributed by atoms with Crippen LogP contribution in [0.4, 0.5) is 0 Å². The van der Waals surface area contributed by atoms with E-state index in [-0.39, 0.29) is 25.2 Å². The maximum Gasteiger partial charge on any atom is 0.319 e. The highest BCUT2D eigenvalue weighted by Gasteiger charge is 2.48. The molecule has 1 atom stereocenters. The molecule has 2 fully saturated rings. The lowest BCUT2D eigenvalue weighted by atomic mass is 9.77. The molecule has 21 heavy (non-hydrogen) atoms. The van der Waals surface area contributed by atoms with E-state index in [1.54, 1.807) is 0 Å². The number of carbonyl (C=O) groups is 2. The summed E-state index contributed by atoms with van der Waals surface area (Å²) in [7, 11) is 0. The molecule has 0 radical (unpaired) electrons. The molecule has 1 aromatic rings. The standard InChI is InChI=1S/C15H20N2O4/c18-13-6-8-21-10-15(13,14(19)20)9-11-5-7-17(16-11)12-3-1-2-4-12/h5,7,12H,1-4,6,8-10H2,(H,19,20). The van der Waals surface area contributed by atoms with Crippen LogP contribution >= 0.6 is 0 Å². The predicted octanol–water partition coefficient (Wildman–Crippen LogP) is 1.60. The fraction of sp³-hybridized carbons (Fsp3) is 0.667. The number of carboxylic acid groups (broad SMARTS) is 1. The SMILES string of the molecule is O=C(O)C1(Cc2ccn(C3CCCC3)n2)COCCC1=O. The molecule has 0 amide bonds. The number of ketones is 1. The maximum atomic E-state index is 12.1. The number of carbonyl (C=O) groups excluding carboxylic acids is 1. The van der Waals surface area contributed by atoms with Crippen molar-refractivity contribution in [2.75, 3.05) is 13.2 Å². The van der Waals surface area contributed by atoms with Gasteiger partial charge in [0.25, 0.3) is 0 Å². The predicted molar refractivity (Wildman–Crippen MR) is 73.9 cm³/mol. The van der Waals surface area contributed by atoms with Crippen molar-refractivity contribution in [3.8, 4) is 0 Å². The van der Waals surface area contributed by atoms with Crippen LogP contribution in [0.1, 0.15) is 43.8 Å². The summed E-state index contributed by atoms with van der Waals surface area (Å²) in [6.45, 7) is 0.252. The highest BCUT2D eigenvalue weighted by atomic mass is 16.5. The van der Waals surface area contributed by atoms with E-state index in [2.05, 4.69) is 5.10 Å². The Labute approximate surface area is 123 Å². The van der Waals surface area contributed by atoms with Gasteiger partial charge in [0.2, 0.25) is 0 Å². The van der Waals surface area contributed by atoms with Gasteiger partial charge in [0.05, 0.1) is 24.9 Å². The summed E-state index contributed by atoms with van der Waals surface area (Å²) in [6.07, 6.45) is 6.84. The molecule has 0 bridgehead atoms. The van der Waals surface area contributed by atoms with Crippen LogP contribution in [0.15, 0.2) is 12.3 Å². The normalized spacial score (nSPS) is 27.1. The Hall–Kier alpha value is -1.69. The lowest BCUT2D eigenvalue weighted by Crippen LogP contribution is -2.48. The van der Waals surface area contributed by atoms with Gasteiger partial charge in [-0.1, -0.05) is 12.8 Å². The quantitative estimate of drug-likeness (QED) is 0.852. The van der Waals surface area contributed by atoms with Gasteiger partial charge in [0.1, 0.15) is 0 Å². The monoisotopic (exact) mass is 292 g/mol. The Morgan fingerprint density at radius 1 is 1.48 bits per heavy atom. The van der Waals surface area contributed by atoms with E-state index in [9.17, 15) is 14.7 Å². The average Bonchev–Trinajstić information content (AvgIpc) is 3.11. The highest BCUT2D eigenvalue weighted by molar-refractivity contribution is 6.04. The summed E-state index contributed by atoms with van der Waals surface area (Å²) in [5.41, 5.74) is -0.809. The summed E-state index contributed by atoms with van der Waals surface area (Å²) >= 11 is 0. The van der Waals surface area contributed by atoms with Crippen molar-refractivity contribution in [2.24, 2.45) is 5.41 Å². The topological polar surface area (TPSA) is 81.4 Å². The Balaban J connectivity index is 1.80. The molecule has 0 aromatic carbocycles. The largest absolute Gasteiger partial charge is 0.480 e. The lowest BCUT2D eigenvalue weighted by molar-refractivity contribution is -0.164. The van der Waals surface area contributed by atoms with E-state index in [1.165, 1.54) is 12.8 Å². The summed E-state index contributed by atoms with van der Waals surface area (Å²) in [5, 5.41) is 14.0. The van der Waals surface area contributed by atoms with E-state index in [0.717, 1.165) is 12.8 Å². The smallest absolute Gasteiger partial charge is 0.319 e. The number of Topliss-reactive ketones (excluding diaryl/α,β-unsaturated/α-hetero) is 1. The van der Waals surface area contributed by atoms with Gasteiger partial charge in [-0.25, -0.2) is 0 Å². The molecule has 6 heteroatoms. The first-order valence-corrected chi connectivity index (χ1v) is 7.50. The van der Waals surface area contributed by atoms with Crippen LogP contribution in [0, 0.1) is 5.41 Å². The first-order chi connectivity index (χ1) is 10.1. The van der Waals surface area contributed by atoms with Gasteiger partial charge in [-0.15, -0.1) is 0 Å². The van der Waals surface area contributed by atoms with E-state index in [0.29, 0.717) is 18.3 Å². The molecule has 3 rings (SSSR count). The zero-order valence-corrected chi connectivity index (χ0v) is 12.0. The Bertz CT molecular complexity index is 548. The summed E-state index contributed by atoms with van der Waals surface area (Å²) in [6, 6.07) is 2.24. The van der Waals surface area contributed by atoms with E-state index in [4.69, 9.17) is 4.74 Å². The third kappa shape index (κ3) is 2.60. The summed E-state index contributed by atoms with van der Waals surface area (Å²) < 4.78 is 7.18. The third-order valence-corrected chi connectivity index (χ3v) is 4.61. The molecule has 1 saturated carbocycles. The Morgan fingerprint density at radius 3 is 2.90 bits per heavy atom. The molecule has 1 saturated heterocycles. The van der Waals surface area contributed by atoms with Crippen molar-refractivity contribution in [3.05, 3.63) is 18.0 Å². The van der Waals surface area contributed by atoms with Crippen LogP contribution in [0.2, 0.25) is 0 Å². The van der Waals surface area contributed by atoms with Gasteiger partial charge in [-0.2, -0.15) is 5.10 Å². The molecule has 0 spiro atoms. The van der Waals surface area contributed by atoms with Gasteiger partial charge in [-0.05, 0) is 18.9 Å². The number of aliphatic carboxylic acids is 1. The zero-order valence-electron chi connectivity index (χ0n) is 12.0. The number of rotatable bonds is 4. The minimum absolute atomic E-state index is 0.0581. The summed E-state index contributed by atoms with van der Waals surface area (Å²) in [4.78, 5) is 23.7. The van der Waals surface area contributed by atoms with E-state index >= 15 is 0 Å². The van der Waals surface area contributed by atoms with E-state index < -0.39 is 11.4 Å². The van der Waals surface area contributed by atoms with Gasteiger partial charge in [0.15, 0.2) is 11.2 Å². The zero-order chi connectivity index (χ0) is 14.9. The Morgan fingerprint density at radius 2 is 2.24 bits per heavy atom. The molecule has 1 N–H and O–H groups in total. The molecule has 1 aliphatic heterocycles. The fourth-order valence-corrected chi connectivity index (χ4v) is 3.29. The van der Waals surface area contributed by atoms with Gasteiger partial charge >= 0.3 is 5.97 Å². The van der Waals surface area contributed by atoms with Crippen molar-refractivity contribution in [1.82, 2.24) is 9.78 Å². The Kier molecular flexibility index (Phi) is 3.80. The molecule has 2 aliphatic rings. The molecular weight excluding hydrogens is 272 g/mol. The van der Waals surface area contributed by atoms with E-state index in [1.807, 2.05) is 16.9 Å². The number of aromatic nitrogens is 2. The molecular formula is C15H20N2O4. The molecule has 6 nitrogen and oxygen atoms in total. The van der Waals surface area contributed by atoms with Crippen LogP contribution in [-0.2, 0) is 20.7 Å². The van der Waals surface area contributed by atoms with Crippen LogP contribution in [-0.4, -0.2) is 39.9 Å². The molecule has 1 aromatic heterocycles.